The molecule has 296 valence electrons. The number of aromatic nitrogens is 2. The third-order valence-corrected chi connectivity index (χ3v) is 12.5. The van der Waals surface area contributed by atoms with Crippen LogP contribution in [0.4, 0.5) is 17.1 Å². The molecule has 0 N–H and O–H groups in total. The van der Waals surface area contributed by atoms with E-state index in [4.69, 9.17) is 0 Å². The molecule has 63 heavy (non-hydrogen) atoms. The Morgan fingerprint density at radius 2 is 0.794 bits per heavy atom. The van der Waals surface area contributed by atoms with E-state index in [9.17, 15) is 0 Å². The molecule has 0 fully saturated rings. The minimum atomic E-state index is 1.09. The van der Waals surface area contributed by atoms with E-state index in [0.29, 0.717) is 0 Å². The molecule has 12 aromatic rings. The molecule has 0 spiro atoms. The maximum Gasteiger partial charge on any atom is 0.0562 e. The van der Waals surface area contributed by atoms with Gasteiger partial charge in [-0.05, 0) is 107 Å². The molecule has 0 aliphatic heterocycles. The molecule has 3 nitrogen and oxygen atoms in total. The average Bonchev–Trinajstić information content (AvgIpc) is 3.88. The number of hydrogen-bond acceptors (Lipinski definition) is 1. The molecule has 0 aliphatic carbocycles. The molecule has 12 rings (SSSR count). The third-order valence-electron chi connectivity index (χ3n) is 12.5. The van der Waals surface area contributed by atoms with Crippen LogP contribution in [-0.2, 0) is 0 Å². The number of para-hydroxylation sites is 4. The highest BCUT2D eigenvalue weighted by Gasteiger charge is 2.22. The van der Waals surface area contributed by atoms with E-state index >= 15 is 0 Å². The Morgan fingerprint density at radius 3 is 1.52 bits per heavy atom. The summed E-state index contributed by atoms with van der Waals surface area (Å²) in [5.41, 5.74) is 17.5. The van der Waals surface area contributed by atoms with Gasteiger partial charge < -0.3 is 14.0 Å². The molecule has 0 amide bonds. The lowest BCUT2D eigenvalue weighted by Crippen LogP contribution is -2.10. The fourth-order valence-corrected chi connectivity index (χ4v) is 9.65. The molecule has 0 saturated heterocycles. The van der Waals surface area contributed by atoms with Gasteiger partial charge in [0.1, 0.15) is 0 Å². The fourth-order valence-electron chi connectivity index (χ4n) is 9.65. The minimum absolute atomic E-state index is 1.09. The van der Waals surface area contributed by atoms with Crippen molar-refractivity contribution in [2.24, 2.45) is 0 Å². The summed E-state index contributed by atoms with van der Waals surface area (Å²) < 4.78 is 4.85. The minimum Gasteiger partial charge on any atom is -0.310 e. The molecule has 0 atom stereocenters. The van der Waals surface area contributed by atoms with Gasteiger partial charge in [-0.25, -0.2) is 0 Å². The monoisotopic (exact) mass is 803 g/mol. The third kappa shape index (κ3) is 6.21. The normalized spacial score (nSPS) is 11.5. The number of fused-ring (bicyclic) bond motifs is 6. The van der Waals surface area contributed by atoms with Crippen molar-refractivity contribution in [2.45, 2.75) is 0 Å². The molecular formula is C60H41N3. The van der Waals surface area contributed by atoms with E-state index < -0.39 is 0 Å². The number of rotatable bonds is 8. The molecule has 10 aromatic carbocycles. The van der Waals surface area contributed by atoms with Gasteiger partial charge in [0.15, 0.2) is 0 Å². The van der Waals surface area contributed by atoms with Gasteiger partial charge in [0, 0.05) is 44.2 Å². The Morgan fingerprint density at radius 1 is 0.286 bits per heavy atom. The summed E-state index contributed by atoms with van der Waals surface area (Å²) in [4.78, 5) is 2.40. The first-order valence-corrected chi connectivity index (χ1v) is 21.6. The Bertz CT molecular complexity index is 3590. The zero-order valence-electron chi connectivity index (χ0n) is 34.5. The predicted octanol–water partition coefficient (Wildman–Crippen LogP) is 16.4. The Balaban J connectivity index is 1.01. The molecule has 0 aliphatic rings. The smallest absolute Gasteiger partial charge is 0.0562 e. The largest absolute Gasteiger partial charge is 0.310 e. The summed E-state index contributed by atoms with van der Waals surface area (Å²) >= 11 is 0. The van der Waals surface area contributed by atoms with Crippen LogP contribution in [0.25, 0.3) is 88.4 Å². The van der Waals surface area contributed by atoms with Gasteiger partial charge in [0.2, 0.25) is 0 Å². The Hall–Kier alpha value is -8.40. The van der Waals surface area contributed by atoms with Crippen molar-refractivity contribution in [2.75, 3.05) is 4.90 Å². The van der Waals surface area contributed by atoms with E-state index in [1.165, 1.54) is 71.4 Å². The van der Waals surface area contributed by atoms with E-state index in [-0.39, 0.29) is 0 Å². The van der Waals surface area contributed by atoms with Crippen LogP contribution < -0.4 is 4.90 Å². The Kier molecular flexibility index (Phi) is 8.83. The van der Waals surface area contributed by atoms with Crippen LogP contribution in [0.15, 0.2) is 249 Å². The van der Waals surface area contributed by atoms with Gasteiger partial charge in [-0.15, -0.1) is 0 Å². The van der Waals surface area contributed by atoms with Gasteiger partial charge in [0.25, 0.3) is 0 Å². The average molecular weight is 804 g/mol. The second-order valence-corrected chi connectivity index (χ2v) is 16.1. The van der Waals surface area contributed by atoms with Crippen molar-refractivity contribution in [3.05, 3.63) is 249 Å². The molecule has 0 unspecified atom stereocenters. The van der Waals surface area contributed by atoms with Crippen LogP contribution >= 0.6 is 0 Å². The zero-order chi connectivity index (χ0) is 41.7. The van der Waals surface area contributed by atoms with E-state index in [2.05, 4.69) is 263 Å². The molecule has 0 saturated carbocycles. The number of anilines is 3. The zero-order valence-corrected chi connectivity index (χ0v) is 34.5. The SMILES string of the molecule is c1ccc(-c2ccc(-n3c4ccccc4c4ccc(-c5ccc(N(c6ccccc6)c6cccc7c6c6ccccc6n7-c6ccccc6)cc5)cc43)c(-c3ccccc3)c2)cc1. The molecule has 0 radical (unpaired) electrons. The first-order valence-electron chi connectivity index (χ1n) is 21.6. The summed E-state index contributed by atoms with van der Waals surface area (Å²) in [6.07, 6.45) is 0. The van der Waals surface area contributed by atoms with Gasteiger partial charge >= 0.3 is 0 Å². The highest BCUT2D eigenvalue weighted by Crippen LogP contribution is 2.45. The standard InChI is InChI=1S/C60H41N3/c1-5-18-42(19-6-1)45-35-39-56(53(40-45)44-20-7-2-8-21-44)63-54-28-15-13-26-50(54)51-38-34-46(41-59(51)63)43-32-36-49(37-33-43)61(47-22-9-3-10-23-47)57-30-17-31-58-60(57)52-27-14-16-29-55(52)62(58)48-24-11-4-12-25-48/h1-41H. The maximum absolute atomic E-state index is 2.46. The summed E-state index contributed by atoms with van der Waals surface area (Å²) in [6.45, 7) is 0. The lowest BCUT2D eigenvalue weighted by Gasteiger charge is -2.26. The maximum atomic E-state index is 2.46. The first kappa shape index (κ1) is 36.5. The molecule has 3 heteroatoms. The van der Waals surface area contributed by atoms with Crippen LogP contribution in [-0.4, -0.2) is 9.13 Å². The van der Waals surface area contributed by atoms with E-state index in [1.807, 2.05) is 0 Å². The Labute approximate surface area is 366 Å². The topological polar surface area (TPSA) is 13.1 Å². The lowest BCUT2D eigenvalue weighted by molar-refractivity contribution is 1.18. The highest BCUT2D eigenvalue weighted by atomic mass is 15.1. The summed E-state index contributed by atoms with van der Waals surface area (Å²) in [7, 11) is 0. The predicted molar refractivity (Wildman–Crippen MR) is 266 cm³/mol. The molecule has 2 aromatic heterocycles. The van der Waals surface area contributed by atoms with Crippen molar-refractivity contribution < 1.29 is 0 Å². The quantitative estimate of drug-likeness (QED) is 0.149. The summed E-state index contributed by atoms with van der Waals surface area (Å²) in [6, 6.07) is 90.1. The van der Waals surface area contributed by atoms with Gasteiger partial charge in [0.05, 0.1) is 33.4 Å². The van der Waals surface area contributed by atoms with Crippen LogP contribution in [0.5, 0.6) is 0 Å². The van der Waals surface area contributed by atoms with Crippen LogP contribution in [0, 0.1) is 0 Å². The van der Waals surface area contributed by atoms with Gasteiger partial charge in [-0.1, -0.05) is 170 Å². The molecule has 0 bridgehead atoms. The lowest BCUT2D eigenvalue weighted by atomic mass is 9.97. The van der Waals surface area contributed by atoms with Gasteiger partial charge in [-0.2, -0.15) is 0 Å². The number of nitrogens with zero attached hydrogens (tertiary/aromatic N) is 3. The summed E-state index contributed by atoms with van der Waals surface area (Å²) in [5, 5.41) is 4.91. The molecule has 2 heterocycles. The van der Waals surface area contributed by atoms with E-state index in [1.54, 1.807) is 0 Å². The second kappa shape index (κ2) is 15.3. The first-order chi connectivity index (χ1) is 31.3. The number of hydrogen-bond donors (Lipinski definition) is 0. The molecular weight excluding hydrogens is 763 g/mol. The van der Waals surface area contributed by atoms with Crippen molar-refractivity contribution in [1.82, 2.24) is 9.13 Å². The van der Waals surface area contributed by atoms with E-state index in [0.717, 1.165) is 34.0 Å². The van der Waals surface area contributed by atoms with Crippen molar-refractivity contribution >= 4 is 60.7 Å². The second-order valence-electron chi connectivity index (χ2n) is 16.1. The highest BCUT2D eigenvalue weighted by molar-refractivity contribution is 6.16. The summed E-state index contributed by atoms with van der Waals surface area (Å²) in [5.74, 6) is 0. The van der Waals surface area contributed by atoms with Gasteiger partial charge in [-0.3, -0.25) is 0 Å². The van der Waals surface area contributed by atoms with Crippen molar-refractivity contribution in [3.63, 3.8) is 0 Å². The van der Waals surface area contributed by atoms with Crippen molar-refractivity contribution in [1.29, 1.82) is 0 Å². The van der Waals surface area contributed by atoms with Crippen LogP contribution in [0.1, 0.15) is 0 Å². The van der Waals surface area contributed by atoms with Crippen LogP contribution in [0.2, 0.25) is 0 Å². The fraction of sp³-hybridized carbons (Fsp3) is 0. The number of benzene rings is 10. The van der Waals surface area contributed by atoms with Crippen molar-refractivity contribution in [3.8, 4) is 44.8 Å². The van der Waals surface area contributed by atoms with Crippen LogP contribution in [0.3, 0.4) is 0 Å².